The summed E-state index contributed by atoms with van der Waals surface area (Å²) in [5, 5.41) is 8.92. The molecule has 1 heterocycles. The summed E-state index contributed by atoms with van der Waals surface area (Å²) in [5.74, 6) is -0.565. The molecule has 0 fully saturated rings. The van der Waals surface area contributed by atoms with E-state index >= 15 is 0 Å². The van der Waals surface area contributed by atoms with E-state index in [9.17, 15) is 13.2 Å². The zero-order chi connectivity index (χ0) is 12.3. The van der Waals surface area contributed by atoms with Crippen LogP contribution in [0, 0.1) is 6.92 Å². The molecule has 0 aliphatic heterocycles. The minimum atomic E-state index is -4.80. The standard InChI is InChI=1S/C9H11F3N2O2/c1-5-6(4-15)3-14-8(7(5)2-13)16-9(10,11)12/h3,15H,2,4,13H2,1H3. The van der Waals surface area contributed by atoms with Gasteiger partial charge in [-0.15, -0.1) is 13.2 Å². The summed E-state index contributed by atoms with van der Waals surface area (Å²) in [5.41, 5.74) is 6.35. The molecule has 7 heteroatoms. The lowest BCUT2D eigenvalue weighted by atomic mass is 10.1. The van der Waals surface area contributed by atoms with E-state index in [1.54, 1.807) is 6.92 Å². The summed E-state index contributed by atoms with van der Waals surface area (Å²) in [6.45, 7) is 1.11. The van der Waals surface area contributed by atoms with Gasteiger partial charge in [0.25, 0.3) is 0 Å². The van der Waals surface area contributed by atoms with Gasteiger partial charge in [-0.1, -0.05) is 0 Å². The van der Waals surface area contributed by atoms with Crippen molar-refractivity contribution in [1.29, 1.82) is 0 Å². The van der Waals surface area contributed by atoms with Crippen LogP contribution in [0.5, 0.6) is 5.88 Å². The molecule has 0 bridgehead atoms. The zero-order valence-electron chi connectivity index (χ0n) is 8.51. The molecule has 0 aromatic carbocycles. The van der Waals surface area contributed by atoms with Crippen LogP contribution in [0.2, 0.25) is 0 Å². The van der Waals surface area contributed by atoms with E-state index in [0.29, 0.717) is 11.1 Å². The van der Waals surface area contributed by atoms with Crippen molar-refractivity contribution in [3.63, 3.8) is 0 Å². The van der Waals surface area contributed by atoms with E-state index in [4.69, 9.17) is 10.8 Å². The molecule has 1 rings (SSSR count). The predicted octanol–water partition coefficient (Wildman–Crippen LogP) is 1.24. The van der Waals surface area contributed by atoms with Crippen molar-refractivity contribution in [2.75, 3.05) is 0 Å². The highest BCUT2D eigenvalue weighted by Crippen LogP contribution is 2.27. The molecular weight excluding hydrogens is 225 g/mol. The predicted molar refractivity (Wildman–Crippen MR) is 49.5 cm³/mol. The molecular formula is C9H11F3N2O2. The zero-order valence-corrected chi connectivity index (χ0v) is 8.51. The van der Waals surface area contributed by atoms with Gasteiger partial charge in [-0.05, 0) is 18.1 Å². The number of alkyl halides is 3. The number of nitrogens with two attached hydrogens (primary N) is 1. The number of aliphatic hydroxyl groups excluding tert-OH is 1. The van der Waals surface area contributed by atoms with Gasteiger partial charge in [-0.3, -0.25) is 0 Å². The van der Waals surface area contributed by atoms with Crippen LogP contribution in [0.15, 0.2) is 6.20 Å². The Morgan fingerprint density at radius 2 is 2.12 bits per heavy atom. The molecule has 0 amide bonds. The first-order valence-electron chi connectivity index (χ1n) is 4.43. The first-order valence-corrected chi connectivity index (χ1v) is 4.43. The van der Waals surface area contributed by atoms with Gasteiger partial charge in [-0.2, -0.15) is 0 Å². The van der Waals surface area contributed by atoms with Gasteiger partial charge >= 0.3 is 6.36 Å². The van der Waals surface area contributed by atoms with Gasteiger partial charge < -0.3 is 15.6 Å². The Hall–Kier alpha value is -1.34. The third-order valence-corrected chi connectivity index (χ3v) is 2.12. The Bertz CT molecular complexity index is 380. The fourth-order valence-electron chi connectivity index (χ4n) is 1.26. The van der Waals surface area contributed by atoms with Crippen LogP contribution in [-0.2, 0) is 13.2 Å². The molecule has 0 atom stereocenters. The maximum atomic E-state index is 12.0. The van der Waals surface area contributed by atoms with Gasteiger partial charge in [0.15, 0.2) is 0 Å². The number of hydrogen-bond acceptors (Lipinski definition) is 4. The molecule has 0 radical (unpaired) electrons. The highest BCUT2D eigenvalue weighted by molar-refractivity contribution is 5.38. The quantitative estimate of drug-likeness (QED) is 0.828. The number of halogens is 3. The van der Waals surface area contributed by atoms with Crippen LogP contribution in [0.3, 0.4) is 0 Å². The smallest absolute Gasteiger partial charge is 0.392 e. The molecule has 0 aliphatic rings. The van der Waals surface area contributed by atoms with E-state index in [1.165, 1.54) is 0 Å². The van der Waals surface area contributed by atoms with E-state index in [2.05, 4.69) is 9.72 Å². The largest absolute Gasteiger partial charge is 0.574 e. The molecule has 1 aromatic rings. The highest BCUT2D eigenvalue weighted by atomic mass is 19.4. The summed E-state index contributed by atoms with van der Waals surface area (Å²) in [7, 11) is 0. The normalized spacial score (nSPS) is 11.6. The third kappa shape index (κ3) is 2.83. The Morgan fingerprint density at radius 1 is 1.50 bits per heavy atom. The summed E-state index contributed by atoms with van der Waals surface area (Å²) >= 11 is 0. The molecule has 3 N–H and O–H groups in total. The second kappa shape index (κ2) is 4.67. The lowest BCUT2D eigenvalue weighted by Gasteiger charge is -2.14. The van der Waals surface area contributed by atoms with Crippen LogP contribution >= 0.6 is 0 Å². The van der Waals surface area contributed by atoms with Gasteiger partial charge in [-0.25, -0.2) is 4.98 Å². The van der Waals surface area contributed by atoms with Crippen LogP contribution in [0.25, 0.3) is 0 Å². The van der Waals surface area contributed by atoms with E-state index in [1.807, 2.05) is 0 Å². The molecule has 0 unspecified atom stereocenters. The monoisotopic (exact) mass is 236 g/mol. The highest BCUT2D eigenvalue weighted by Gasteiger charge is 2.33. The van der Waals surface area contributed by atoms with E-state index in [0.717, 1.165) is 6.20 Å². The Kier molecular flexibility index (Phi) is 3.71. The Morgan fingerprint density at radius 3 is 2.56 bits per heavy atom. The summed E-state index contributed by atoms with van der Waals surface area (Å²) in [4.78, 5) is 3.48. The molecule has 0 saturated heterocycles. The first-order chi connectivity index (χ1) is 7.39. The van der Waals surface area contributed by atoms with E-state index < -0.39 is 12.2 Å². The number of nitrogens with zero attached hydrogens (tertiary/aromatic N) is 1. The van der Waals surface area contributed by atoms with Crippen molar-refractivity contribution < 1.29 is 23.0 Å². The summed E-state index contributed by atoms with van der Waals surface area (Å²) in [6.07, 6.45) is -3.67. The second-order valence-corrected chi connectivity index (χ2v) is 3.10. The van der Waals surface area contributed by atoms with Crippen molar-refractivity contribution in [2.24, 2.45) is 5.73 Å². The lowest BCUT2D eigenvalue weighted by Crippen LogP contribution is -2.20. The maximum Gasteiger partial charge on any atom is 0.574 e. The van der Waals surface area contributed by atoms with Crippen molar-refractivity contribution in [3.05, 3.63) is 22.9 Å². The fraction of sp³-hybridized carbons (Fsp3) is 0.444. The summed E-state index contributed by atoms with van der Waals surface area (Å²) in [6, 6.07) is 0. The van der Waals surface area contributed by atoms with Crippen molar-refractivity contribution >= 4 is 0 Å². The summed E-state index contributed by atoms with van der Waals surface area (Å²) < 4.78 is 39.8. The van der Waals surface area contributed by atoms with Crippen molar-refractivity contribution in [3.8, 4) is 5.88 Å². The topological polar surface area (TPSA) is 68.4 Å². The number of aromatic nitrogens is 1. The van der Waals surface area contributed by atoms with Gasteiger partial charge in [0.05, 0.1) is 6.61 Å². The van der Waals surface area contributed by atoms with Crippen molar-refractivity contribution in [2.45, 2.75) is 26.4 Å². The molecule has 0 saturated carbocycles. The molecule has 0 spiro atoms. The average Bonchev–Trinajstić information content (AvgIpc) is 2.16. The van der Waals surface area contributed by atoms with Gasteiger partial charge in [0.2, 0.25) is 5.88 Å². The lowest BCUT2D eigenvalue weighted by molar-refractivity contribution is -0.276. The van der Waals surface area contributed by atoms with E-state index in [-0.39, 0.29) is 18.7 Å². The molecule has 16 heavy (non-hydrogen) atoms. The van der Waals surface area contributed by atoms with Crippen LogP contribution in [-0.4, -0.2) is 16.5 Å². The Labute approximate surface area is 89.9 Å². The fourth-order valence-corrected chi connectivity index (χ4v) is 1.26. The third-order valence-electron chi connectivity index (χ3n) is 2.12. The van der Waals surface area contributed by atoms with Gasteiger partial charge in [0.1, 0.15) is 0 Å². The molecule has 90 valence electrons. The minimum Gasteiger partial charge on any atom is -0.392 e. The maximum absolute atomic E-state index is 12.0. The van der Waals surface area contributed by atoms with Crippen LogP contribution < -0.4 is 10.5 Å². The number of pyridine rings is 1. The molecule has 0 aliphatic carbocycles. The second-order valence-electron chi connectivity index (χ2n) is 3.10. The van der Waals surface area contributed by atoms with Crippen molar-refractivity contribution in [1.82, 2.24) is 4.98 Å². The minimum absolute atomic E-state index is 0.141. The number of hydrogen-bond donors (Lipinski definition) is 2. The number of rotatable bonds is 3. The molecule has 4 nitrogen and oxygen atoms in total. The van der Waals surface area contributed by atoms with Gasteiger partial charge in [0, 0.05) is 18.3 Å². The number of aliphatic hydroxyl groups is 1. The molecule has 1 aromatic heterocycles. The SMILES string of the molecule is Cc1c(CO)cnc(OC(F)(F)F)c1CN. The average molecular weight is 236 g/mol. The van der Waals surface area contributed by atoms with Crippen LogP contribution in [0.4, 0.5) is 13.2 Å². The number of ether oxygens (including phenoxy) is 1. The van der Waals surface area contributed by atoms with Crippen LogP contribution in [0.1, 0.15) is 16.7 Å². The first kappa shape index (κ1) is 12.7. The Balaban J connectivity index is 3.16.